The standard InChI is InChI=1S/C18H6F12N2.2C18H8F10N2.C18H10F8N2/c1-15(23,17(25,26)27)9-5(3-31)6(4-32)10(16(2,24)18(28,29)30)8-7(9)11(19)13(21)14(22)12(8)20;1-15(21,17(23,24)25)13-7-3-11(19)12(20)4-8(7)14(10(6-30)9(13)5-29)16(2,22)18(26,27)28;1-15(21,17(23,24)25)13-7(5-29)8(6-30)14(16(2,22)18(26,27)28)12-10(20)4-3-9(19)11(12)13;1-15(19,17(21,22)23)13-9-5-3-4-6-10(9)14(12(8-28)11(13)7-27)16(2,20)18(24,25)26/h1-2H3;2*3-4H,1-2H3;3-6H,1-2H3. The van der Waals surface area contributed by atoms with E-state index in [2.05, 4.69) is 0 Å². The van der Waals surface area contributed by atoms with Crippen molar-refractivity contribution >= 4 is 43.1 Å². The zero-order valence-electron chi connectivity index (χ0n) is 59.3. The lowest BCUT2D eigenvalue weighted by Crippen LogP contribution is -2.39. The first kappa shape index (κ1) is 98.5. The smallest absolute Gasteiger partial charge is 0.229 e. The van der Waals surface area contributed by atoms with Gasteiger partial charge in [0.05, 0.1) is 44.5 Å². The molecular weight excluding hydrogens is 1740 g/mol. The molecule has 120 heavy (non-hydrogen) atoms. The van der Waals surface area contributed by atoms with Gasteiger partial charge in [-0.2, -0.15) is 147 Å². The van der Waals surface area contributed by atoms with Crippen LogP contribution in [-0.4, -0.2) is 49.4 Å². The Balaban J connectivity index is 0.000000285. The monoisotopic (exact) mass is 1770 g/mol. The van der Waals surface area contributed by atoms with Gasteiger partial charge in [0.2, 0.25) is 45.4 Å². The van der Waals surface area contributed by atoms with Crippen LogP contribution in [0.25, 0.3) is 43.1 Å². The van der Waals surface area contributed by atoms with Gasteiger partial charge in [0.25, 0.3) is 0 Å². The number of nitrogens with zero attached hydrogens (tertiary/aromatic N) is 8. The molecule has 0 bridgehead atoms. The Kier molecular flexibility index (Phi) is 25.6. The van der Waals surface area contributed by atoms with Crippen molar-refractivity contribution in [3.63, 3.8) is 0 Å². The van der Waals surface area contributed by atoms with Gasteiger partial charge in [0.1, 0.15) is 60.2 Å². The van der Waals surface area contributed by atoms with Crippen molar-refractivity contribution in [3.05, 3.63) is 184 Å². The summed E-state index contributed by atoms with van der Waals surface area (Å²) < 4.78 is 551. The lowest BCUT2D eigenvalue weighted by molar-refractivity contribution is -0.229. The van der Waals surface area contributed by atoms with Crippen molar-refractivity contribution < 1.29 is 176 Å². The Hall–Kier alpha value is -12.1. The molecule has 640 valence electrons. The van der Waals surface area contributed by atoms with Crippen molar-refractivity contribution in [2.75, 3.05) is 0 Å². The summed E-state index contributed by atoms with van der Waals surface area (Å²) in [6.45, 7) is -1.24. The van der Waals surface area contributed by atoms with E-state index in [1.54, 1.807) is 0 Å². The predicted molar refractivity (Wildman–Crippen MR) is 329 cm³/mol. The molecule has 0 spiro atoms. The highest BCUT2D eigenvalue weighted by Gasteiger charge is 2.65. The molecular formula is C72H32F40N8. The van der Waals surface area contributed by atoms with Crippen LogP contribution in [0.2, 0.25) is 0 Å². The summed E-state index contributed by atoms with van der Waals surface area (Å²) in [5.41, 5.74) is -64.2. The van der Waals surface area contributed by atoms with Crippen molar-refractivity contribution in [2.24, 2.45) is 0 Å². The van der Waals surface area contributed by atoms with Gasteiger partial charge in [-0.25, -0.2) is 70.2 Å². The predicted octanol–water partition coefficient (Wildman–Crippen LogP) is 25.4. The minimum Gasteiger partial charge on any atom is -0.229 e. The number of halogens is 40. The second-order valence-corrected chi connectivity index (χ2v) is 26.0. The molecule has 0 aliphatic carbocycles. The van der Waals surface area contributed by atoms with Gasteiger partial charge >= 0.3 is 49.4 Å². The zero-order chi connectivity index (χ0) is 93.8. The minimum atomic E-state index is -6.09. The van der Waals surface area contributed by atoms with Crippen molar-refractivity contribution in [1.29, 1.82) is 42.1 Å². The SMILES string of the molecule is CC(F)(c1c(C#N)c(C#N)c(C(C)(F)C(F)(F)F)c2c(F)c(F)c(F)c(F)c12)C(F)(F)F.CC(F)(c1c(C#N)c(C#N)c(C(C)(F)C(F)(F)F)c2c(F)ccc(F)c12)C(F)(F)F.CC(F)(c1c(C#N)c(C#N)c(C(C)(F)C(F)(F)F)c2cc(F)c(F)cc12)C(F)(F)F.CC(F)(c1c(C#N)c(C#N)c(C(C)(F)C(F)(F)F)c2ccccc12)C(F)(F)F. The molecule has 0 N–H and O–H groups in total. The third-order valence-electron chi connectivity index (χ3n) is 18.3. The van der Waals surface area contributed by atoms with E-state index < -0.39 is 273 Å². The summed E-state index contributed by atoms with van der Waals surface area (Å²) in [5, 5.41) is 61.5. The minimum absolute atomic E-state index is 0.0782. The van der Waals surface area contributed by atoms with Gasteiger partial charge in [-0.3, -0.25) is 0 Å². The van der Waals surface area contributed by atoms with E-state index in [1.807, 2.05) is 0 Å². The largest absolute Gasteiger partial charge is 0.426 e. The molecule has 8 atom stereocenters. The molecule has 0 heterocycles. The maximum atomic E-state index is 14.8. The molecule has 8 aromatic rings. The van der Waals surface area contributed by atoms with Crippen LogP contribution in [0, 0.1) is 137 Å². The third-order valence-corrected chi connectivity index (χ3v) is 18.3. The molecule has 0 fully saturated rings. The molecule has 8 aromatic carbocycles. The number of alkyl halides is 32. The van der Waals surface area contributed by atoms with Crippen LogP contribution >= 0.6 is 0 Å². The molecule has 0 radical (unpaired) electrons. The highest BCUT2D eigenvalue weighted by atomic mass is 19.5. The summed E-state index contributed by atoms with van der Waals surface area (Å²) in [6.07, 6.45) is -46.6. The fourth-order valence-corrected chi connectivity index (χ4v) is 11.9. The highest BCUT2D eigenvalue weighted by Crippen LogP contribution is 2.59. The van der Waals surface area contributed by atoms with Crippen LogP contribution in [0.15, 0.2) is 48.5 Å². The number of benzene rings is 8. The first-order valence-corrected chi connectivity index (χ1v) is 31.0. The first-order chi connectivity index (χ1) is 53.8. The molecule has 0 aliphatic heterocycles. The Morgan fingerprint density at radius 1 is 0.192 bits per heavy atom. The van der Waals surface area contributed by atoms with Gasteiger partial charge in [-0.05, 0) is 101 Å². The molecule has 48 heteroatoms. The second kappa shape index (κ2) is 31.3. The quantitative estimate of drug-likeness (QED) is 0.0815. The van der Waals surface area contributed by atoms with Crippen molar-refractivity contribution in [1.82, 2.24) is 0 Å². The zero-order valence-corrected chi connectivity index (χ0v) is 59.3. The number of rotatable bonds is 8. The Labute approximate surface area is 642 Å². The van der Waals surface area contributed by atoms with Crippen LogP contribution in [0.5, 0.6) is 0 Å². The van der Waals surface area contributed by atoms with E-state index in [-0.39, 0.29) is 79.7 Å². The van der Waals surface area contributed by atoms with Crippen LogP contribution < -0.4 is 0 Å². The summed E-state index contributed by atoms with van der Waals surface area (Å²) in [7, 11) is 0. The molecule has 0 saturated heterocycles. The Morgan fingerprint density at radius 3 is 0.508 bits per heavy atom. The third kappa shape index (κ3) is 15.8. The number of hydrogen-bond donors (Lipinski definition) is 0. The molecule has 0 aromatic heterocycles. The maximum Gasteiger partial charge on any atom is 0.426 e. The fraction of sp³-hybridized carbons (Fsp3) is 0.333. The summed E-state index contributed by atoms with van der Waals surface area (Å²) in [4.78, 5) is 0. The van der Waals surface area contributed by atoms with E-state index in [4.69, 9.17) is 0 Å². The van der Waals surface area contributed by atoms with Gasteiger partial charge in [0.15, 0.2) is 34.9 Å². The Morgan fingerprint density at radius 2 is 0.342 bits per heavy atom. The molecule has 0 saturated carbocycles. The van der Waals surface area contributed by atoms with Crippen LogP contribution in [0.3, 0.4) is 0 Å². The van der Waals surface area contributed by atoms with E-state index in [1.165, 1.54) is 0 Å². The van der Waals surface area contributed by atoms with Gasteiger partial charge in [0, 0.05) is 66.1 Å². The topological polar surface area (TPSA) is 190 Å². The van der Waals surface area contributed by atoms with Gasteiger partial charge in [-0.15, -0.1) is 0 Å². The molecule has 8 unspecified atom stereocenters. The summed E-state index contributed by atoms with van der Waals surface area (Å²) >= 11 is 0. The molecule has 8 nitrogen and oxygen atoms in total. The maximum absolute atomic E-state index is 14.8. The van der Waals surface area contributed by atoms with E-state index in [9.17, 15) is 218 Å². The average molecular weight is 1770 g/mol. The molecule has 8 rings (SSSR count). The van der Waals surface area contributed by atoms with Crippen LogP contribution in [-0.2, 0) is 45.4 Å². The molecule has 0 aliphatic rings. The van der Waals surface area contributed by atoms with Crippen molar-refractivity contribution in [2.45, 2.75) is 150 Å². The Bertz CT molecular complexity index is 5530. The van der Waals surface area contributed by atoms with E-state index in [0.29, 0.717) is 0 Å². The normalized spacial score (nSPS) is 16.5. The van der Waals surface area contributed by atoms with E-state index in [0.717, 1.165) is 72.8 Å². The van der Waals surface area contributed by atoms with Crippen LogP contribution in [0.4, 0.5) is 176 Å². The summed E-state index contributed by atoms with van der Waals surface area (Å²) in [6, 6.07) is 11.6. The number of hydrogen-bond acceptors (Lipinski definition) is 8. The number of nitriles is 8. The van der Waals surface area contributed by atoms with Crippen molar-refractivity contribution in [3.8, 4) is 48.6 Å². The highest BCUT2D eigenvalue weighted by molar-refractivity contribution is 5.99. The second-order valence-electron chi connectivity index (χ2n) is 26.0. The average Bonchev–Trinajstić information content (AvgIpc) is 0.703. The fourth-order valence-electron chi connectivity index (χ4n) is 11.9. The lowest BCUT2D eigenvalue weighted by Gasteiger charge is -2.31. The van der Waals surface area contributed by atoms with Gasteiger partial charge < -0.3 is 0 Å². The first-order valence-electron chi connectivity index (χ1n) is 31.0. The lowest BCUT2D eigenvalue weighted by atomic mass is 9.78. The van der Waals surface area contributed by atoms with Gasteiger partial charge in [-0.1, -0.05) is 24.3 Å². The number of fused-ring (bicyclic) bond motifs is 4. The van der Waals surface area contributed by atoms with Crippen LogP contribution in [0.1, 0.15) is 144 Å². The molecule has 0 amide bonds. The van der Waals surface area contributed by atoms with E-state index >= 15 is 0 Å². The summed E-state index contributed by atoms with van der Waals surface area (Å²) in [5.74, 6) is -18.9.